The quantitative estimate of drug-likeness (QED) is 0.910. The number of aryl methyl sites for hydroxylation is 1. The maximum Gasteiger partial charge on any atom is 0.162 e. The second-order valence-electron chi connectivity index (χ2n) is 4.80. The Hall–Kier alpha value is -0.970. The summed E-state index contributed by atoms with van der Waals surface area (Å²) < 4.78 is 1.92. The van der Waals surface area contributed by atoms with E-state index in [1.54, 1.807) is 0 Å². The lowest BCUT2D eigenvalue weighted by molar-refractivity contribution is 0.318. The van der Waals surface area contributed by atoms with Gasteiger partial charge >= 0.3 is 0 Å². The molecular weight excluding hydrogens is 244 g/mol. The summed E-state index contributed by atoms with van der Waals surface area (Å²) in [6.07, 6.45) is 4.40. The van der Waals surface area contributed by atoms with Gasteiger partial charge in [-0.3, -0.25) is 9.67 Å². The molecule has 1 aliphatic rings. The number of nitrogens with zero attached hydrogens (tertiary/aromatic N) is 3. The van der Waals surface area contributed by atoms with Gasteiger partial charge in [-0.1, -0.05) is 25.6 Å². The van der Waals surface area contributed by atoms with Crippen molar-refractivity contribution in [3.8, 4) is 0 Å². The van der Waals surface area contributed by atoms with Gasteiger partial charge in [-0.05, 0) is 25.2 Å². The van der Waals surface area contributed by atoms with Crippen LogP contribution in [0, 0.1) is 5.41 Å². The lowest BCUT2D eigenvalue weighted by Crippen LogP contribution is -2.32. The minimum absolute atomic E-state index is 0.401. The highest BCUT2D eigenvalue weighted by Gasteiger charge is 2.30. The molecule has 0 unspecified atom stereocenters. The van der Waals surface area contributed by atoms with E-state index in [1.807, 2.05) is 28.7 Å². The summed E-state index contributed by atoms with van der Waals surface area (Å²) in [5.74, 6) is 2.05. The molecule has 18 heavy (non-hydrogen) atoms. The first-order valence-corrected chi connectivity index (χ1v) is 7.67. The molecule has 2 heterocycles. The number of aliphatic imine (C=N–C) groups is 1. The summed E-state index contributed by atoms with van der Waals surface area (Å²) in [4.78, 5) is 4.67. The monoisotopic (exact) mass is 266 g/mol. The molecular formula is C13H22N4S. The third-order valence-electron chi connectivity index (χ3n) is 3.77. The Morgan fingerprint density at radius 1 is 1.39 bits per heavy atom. The molecule has 1 aliphatic heterocycles. The van der Waals surface area contributed by atoms with Crippen LogP contribution in [0.3, 0.4) is 0 Å². The molecule has 0 aromatic carbocycles. The molecule has 0 saturated heterocycles. The van der Waals surface area contributed by atoms with Gasteiger partial charge in [0.05, 0.1) is 0 Å². The number of rotatable bonds is 4. The van der Waals surface area contributed by atoms with Crippen LogP contribution in [0.4, 0.5) is 5.82 Å². The standard InChI is InChI=1S/C13H22N4S/c1-4-13(5-2)9-14-12(18-10-13)15-11-7-8-17(6-3)16-11/h7-8H,4-6,9-10H2,1-3H3,(H,14,15,16). The molecule has 0 spiro atoms. The normalized spacial score (nSPS) is 18.5. The van der Waals surface area contributed by atoms with Crippen molar-refractivity contribution in [2.24, 2.45) is 10.4 Å². The number of hydrogen-bond acceptors (Lipinski definition) is 4. The summed E-state index contributed by atoms with van der Waals surface area (Å²) in [5.41, 5.74) is 0.401. The van der Waals surface area contributed by atoms with Crippen LogP contribution in [-0.2, 0) is 6.54 Å². The van der Waals surface area contributed by atoms with E-state index in [2.05, 4.69) is 36.2 Å². The SMILES string of the molecule is CCn1ccc(NC2=NCC(CC)(CC)CS2)n1. The van der Waals surface area contributed by atoms with Gasteiger partial charge in [0, 0.05) is 31.1 Å². The lowest BCUT2D eigenvalue weighted by Gasteiger charge is -2.33. The highest BCUT2D eigenvalue weighted by molar-refractivity contribution is 8.14. The maximum atomic E-state index is 4.67. The number of aromatic nitrogens is 2. The zero-order chi connectivity index (χ0) is 13.0. The Labute approximate surface area is 113 Å². The van der Waals surface area contributed by atoms with Gasteiger partial charge in [-0.2, -0.15) is 5.10 Å². The Morgan fingerprint density at radius 2 is 2.17 bits per heavy atom. The second-order valence-corrected chi connectivity index (χ2v) is 5.76. The molecule has 5 heteroatoms. The van der Waals surface area contributed by atoms with E-state index < -0.39 is 0 Å². The van der Waals surface area contributed by atoms with Crippen molar-refractivity contribution in [3.63, 3.8) is 0 Å². The van der Waals surface area contributed by atoms with Crippen molar-refractivity contribution in [2.45, 2.75) is 40.2 Å². The van der Waals surface area contributed by atoms with Gasteiger partial charge in [-0.15, -0.1) is 0 Å². The van der Waals surface area contributed by atoms with Crippen LogP contribution in [0.1, 0.15) is 33.6 Å². The van der Waals surface area contributed by atoms with Gasteiger partial charge in [0.15, 0.2) is 11.0 Å². The number of anilines is 1. The van der Waals surface area contributed by atoms with Gasteiger partial charge in [-0.25, -0.2) is 0 Å². The lowest BCUT2D eigenvalue weighted by atomic mass is 9.84. The average molecular weight is 266 g/mol. The van der Waals surface area contributed by atoms with Crippen LogP contribution in [0.5, 0.6) is 0 Å². The third kappa shape index (κ3) is 2.88. The molecule has 0 fully saturated rings. The van der Waals surface area contributed by atoms with E-state index in [1.165, 1.54) is 12.8 Å². The van der Waals surface area contributed by atoms with E-state index >= 15 is 0 Å². The van der Waals surface area contributed by atoms with Crippen LogP contribution >= 0.6 is 11.8 Å². The zero-order valence-corrected chi connectivity index (χ0v) is 12.3. The van der Waals surface area contributed by atoms with Crippen LogP contribution in [0.15, 0.2) is 17.3 Å². The number of thioether (sulfide) groups is 1. The molecule has 0 atom stereocenters. The molecule has 0 aliphatic carbocycles. The Morgan fingerprint density at radius 3 is 2.67 bits per heavy atom. The smallest absolute Gasteiger partial charge is 0.162 e. The fourth-order valence-corrected chi connectivity index (χ4v) is 3.29. The highest BCUT2D eigenvalue weighted by atomic mass is 32.2. The first-order chi connectivity index (χ1) is 8.71. The molecule has 1 aromatic rings. The van der Waals surface area contributed by atoms with E-state index in [0.29, 0.717) is 5.41 Å². The van der Waals surface area contributed by atoms with Crippen molar-refractivity contribution in [2.75, 3.05) is 17.6 Å². The first kappa shape index (κ1) is 13.5. The minimum atomic E-state index is 0.401. The first-order valence-electron chi connectivity index (χ1n) is 6.69. The Bertz CT molecular complexity index is 420. The second kappa shape index (κ2) is 5.78. The number of amidine groups is 1. The average Bonchev–Trinajstić information content (AvgIpc) is 2.88. The molecule has 1 N–H and O–H groups in total. The Kier molecular flexibility index (Phi) is 4.32. The van der Waals surface area contributed by atoms with E-state index in [-0.39, 0.29) is 0 Å². The van der Waals surface area contributed by atoms with E-state index in [9.17, 15) is 0 Å². The summed E-state index contributed by atoms with van der Waals surface area (Å²) >= 11 is 1.82. The van der Waals surface area contributed by atoms with Crippen molar-refractivity contribution in [1.82, 2.24) is 9.78 Å². The number of nitrogens with one attached hydrogen (secondary N) is 1. The van der Waals surface area contributed by atoms with Crippen LogP contribution in [0.25, 0.3) is 0 Å². The molecule has 2 rings (SSSR count). The largest absolute Gasteiger partial charge is 0.318 e. The Balaban J connectivity index is 1.98. The van der Waals surface area contributed by atoms with Gasteiger partial charge in [0.1, 0.15) is 0 Å². The topological polar surface area (TPSA) is 42.2 Å². The van der Waals surface area contributed by atoms with Crippen molar-refractivity contribution in [3.05, 3.63) is 12.3 Å². The summed E-state index contributed by atoms with van der Waals surface area (Å²) in [7, 11) is 0. The van der Waals surface area contributed by atoms with Crippen LogP contribution in [-0.4, -0.2) is 27.2 Å². The van der Waals surface area contributed by atoms with Gasteiger partial charge in [0.25, 0.3) is 0 Å². The van der Waals surface area contributed by atoms with Crippen LogP contribution < -0.4 is 5.32 Å². The molecule has 0 bridgehead atoms. The van der Waals surface area contributed by atoms with Gasteiger partial charge < -0.3 is 5.32 Å². The molecule has 1 aromatic heterocycles. The third-order valence-corrected chi connectivity index (χ3v) is 5.03. The molecule has 4 nitrogen and oxygen atoms in total. The zero-order valence-electron chi connectivity index (χ0n) is 11.4. The number of hydrogen-bond donors (Lipinski definition) is 1. The van der Waals surface area contributed by atoms with E-state index in [0.717, 1.165) is 29.8 Å². The summed E-state index contributed by atoms with van der Waals surface area (Å²) in [6.45, 7) is 8.45. The summed E-state index contributed by atoms with van der Waals surface area (Å²) in [6, 6.07) is 1.99. The predicted octanol–water partition coefficient (Wildman–Crippen LogP) is 3.22. The van der Waals surface area contributed by atoms with Crippen LogP contribution in [0.2, 0.25) is 0 Å². The molecule has 0 amide bonds. The van der Waals surface area contributed by atoms with Crippen molar-refractivity contribution >= 4 is 22.7 Å². The molecule has 0 saturated carbocycles. The minimum Gasteiger partial charge on any atom is -0.318 e. The van der Waals surface area contributed by atoms with Crippen molar-refractivity contribution in [1.29, 1.82) is 0 Å². The van der Waals surface area contributed by atoms with Crippen molar-refractivity contribution < 1.29 is 0 Å². The molecule has 0 radical (unpaired) electrons. The molecule has 100 valence electrons. The fourth-order valence-electron chi connectivity index (χ4n) is 2.02. The predicted molar refractivity (Wildman–Crippen MR) is 79.3 cm³/mol. The maximum absolute atomic E-state index is 4.67. The summed E-state index contributed by atoms with van der Waals surface area (Å²) in [5, 5.41) is 8.72. The van der Waals surface area contributed by atoms with Gasteiger partial charge in [0.2, 0.25) is 0 Å². The highest BCUT2D eigenvalue weighted by Crippen LogP contribution is 2.35. The fraction of sp³-hybridized carbons (Fsp3) is 0.692. The van der Waals surface area contributed by atoms with E-state index in [4.69, 9.17) is 0 Å².